The monoisotopic (exact) mass is 1150 g/mol. The van der Waals surface area contributed by atoms with Crippen molar-refractivity contribution in [1.82, 2.24) is 29.9 Å². The number of ether oxygens (including phenoxy) is 7. The molecule has 414 valence electrons. The summed E-state index contributed by atoms with van der Waals surface area (Å²) in [6.07, 6.45) is 1.19. The molecule has 1 unspecified atom stereocenters. The molecule has 6 rings (SSSR count). The van der Waals surface area contributed by atoms with E-state index in [1.54, 1.807) is 60.7 Å². The molecule has 3 aromatic rings. The van der Waals surface area contributed by atoms with Crippen LogP contribution in [0.2, 0.25) is 0 Å². The SMILES string of the molecule is CO[C@H](c1ccc(-c2cnc(N)nc2)cc1)[C@@H](CF)n1cc(CCN(C)[C@@H]2C[C@H](O[C@@H]3[C@@H](C)C([C@H]4C[C@@](C)(OC)[C@@H](O)[C@H](C)O4)[C@@H](C)C(=O)O[C@H](I)[C@@](C)(O)[C@H](O)[C@@H](C)C(=N)[C@H](C)C[C@@]3(C)OC)O[C@H](C)C2)nn1. The minimum Gasteiger partial charge on any atom is -0.448 e. The van der Waals surface area contributed by atoms with Gasteiger partial charge in [0.05, 0.1) is 53.3 Å². The van der Waals surface area contributed by atoms with Crippen LogP contribution >= 0.6 is 22.6 Å². The fraction of sp³-hybridized carbons (Fsp3) is 0.736. The number of esters is 1. The molecular formula is C53H82FIN8O11. The molecule has 3 aliphatic heterocycles. The van der Waals surface area contributed by atoms with Gasteiger partial charge < -0.3 is 64.5 Å². The zero-order chi connectivity index (χ0) is 54.6. The first kappa shape index (κ1) is 59.9. The van der Waals surface area contributed by atoms with E-state index < -0.39 is 112 Å². The number of rotatable bonds is 15. The number of methoxy groups -OCH3 is 3. The van der Waals surface area contributed by atoms with Crippen LogP contribution in [0.1, 0.15) is 111 Å². The van der Waals surface area contributed by atoms with Crippen LogP contribution in [0, 0.1) is 35.0 Å². The van der Waals surface area contributed by atoms with Crippen molar-refractivity contribution in [1.29, 1.82) is 5.41 Å². The molecule has 3 saturated heterocycles. The summed E-state index contributed by atoms with van der Waals surface area (Å²) in [5.41, 5.74) is 4.94. The number of anilines is 1. The van der Waals surface area contributed by atoms with Crippen molar-refractivity contribution in [2.75, 3.05) is 47.3 Å². The van der Waals surface area contributed by atoms with E-state index in [0.29, 0.717) is 31.5 Å². The molecule has 74 heavy (non-hydrogen) atoms. The van der Waals surface area contributed by atoms with E-state index in [4.69, 9.17) is 38.9 Å². The summed E-state index contributed by atoms with van der Waals surface area (Å²) in [7, 11) is 6.75. The van der Waals surface area contributed by atoms with Crippen LogP contribution in [0.4, 0.5) is 10.3 Å². The molecule has 0 spiro atoms. The summed E-state index contributed by atoms with van der Waals surface area (Å²) < 4.78 is 60.2. The first-order chi connectivity index (χ1) is 34.8. The number of hydrogen-bond acceptors (Lipinski definition) is 18. The maximum atomic E-state index is 14.9. The highest BCUT2D eigenvalue weighted by Crippen LogP contribution is 2.46. The Hall–Kier alpha value is -3.36. The van der Waals surface area contributed by atoms with Crippen LogP contribution in [-0.4, -0.2) is 168 Å². The number of alkyl halides is 2. The summed E-state index contributed by atoms with van der Waals surface area (Å²) >= 11 is 1.84. The molecular weight excluding hydrogens is 1070 g/mol. The van der Waals surface area contributed by atoms with Gasteiger partial charge in [0.1, 0.15) is 30.5 Å². The van der Waals surface area contributed by atoms with E-state index in [9.17, 15) is 29.9 Å². The van der Waals surface area contributed by atoms with Gasteiger partial charge in [-0.25, -0.2) is 19.0 Å². The third-order valence-corrected chi connectivity index (χ3v) is 18.1. The summed E-state index contributed by atoms with van der Waals surface area (Å²) in [4.78, 5) is 24.9. The Labute approximate surface area is 449 Å². The quantitative estimate of drug-likeness (QED) is 0.0634. The van der Waals surface area contributed by atoms with Gasteiger partial charge in [-0.05, 0) is 100 Å². The Kier molecular flexibility index (Phi) is 20.2. The number of likely N-dealkylation sites (N-methyl/N-ethyl adjacent to an activating group) is 1. The summed E-state index contributed by atoms with van der Waals surface area (Å²) in [6.45, 7) is 16.2. The van der Waals surface area contributed by atoms with E-state index in [-0.39, 0.29) is 36.6 Å². The van der Waals surface area contributed by atoms with E-state index in [1.807, 2.05) is 88.5 Å². The van der Waals surface area contributed by atoms with Crippen molar-refractivity contribution in [2.24, 2.45) is 29.6 Å². The molecule has 0 radical (unpaired) electrons. The Morgan fingerprint density at radius 1 is 0.946 bits per heavy atom. The Balaban J connectivity index is 1.24. The van der Waals surface area contributed by atoms with Crippen LogP contribution in [0.3, 0.4) is 0 Å². The number of aliphatic hydroxyl groups is 3. The van der Waals surface area contributed by atoms with Crippen molar-refractivity contribution in [3.63, 3.8) is 0 Å². The third-order valence-electron chi connectivity index (χ3n) is 16.5. The molecule has 0 aliphatic carbocycles. The van der Waals surface area contributed by atoms with Crippen LogP contribution in [0.5, 0.6) is 0 Å². The topological polar surface area (TPSA) is 252 Å². The molecule has 6 N–H and O–H groups in total. The molecule has 2 aromatic heterocycles. The van der Waals surface area contributed by atoms with E-state index >= 15 is 0 Å². The Bertz CT molecular complexity index is 2300. The number of halogens is 2. The molecule has 1 aromatic carbocycles. The largest absolute Gasteiger partial charge is 0.448 e. The van der Waals surface area contributed by atoms with Crippen molar-refractivity contribution >= 4 is 40.2 Å². The highest BCUT2D eigenvalue weighted by atomic mass is 127. The second-order valence-corrected chi connectivity index (χ2v) is 23.0. The lowest BCUT2D eigenvalue weighted by atomic mass is 9.68. The summed E-state index contributed by atoms with van der Waals surface area (Å²) in [5, 5.41) is 52.8. The molecule has 0 amide bonds. The van der Waals surface area contributed by atoms with Gasteiger partial charge in [-0.2, -0.15) is 0 Å². The van der Waals surface area contributed by atoms with Crippen LogP contribution in [-0.2, 0) is 44.4 Å². The minimum atomic E-state index is -1.91. The molecule has 3 fully saturated rings. The van der Waals surface area contributed by atoms with Gasteiger partial charge in [0.15, 0.2) is 10.4 Å². The number of carbonyl (C=O) groups excluding carboxylic acids is 1. The van der Waals surface area contributed by atoms with Gasteiger partial charge in [0.2, 0.25) is 5.95 Å². The fourth-order valence-electron chi connectivity index (χ4n) is 11.7. The van der Waals surface area contributed by atoms with Crippen LogP contribution < -0.4 is 5.73 Å². The smallest absolute Gasteiger partial charge is 0.310 e. The van der Waals surface area contributed by atoms with Crippen LogP contribution in [0.25, 0.3) is 11.1 Å². The number of nitrogens with two attached hydrogens (primary N) is 1. The molecule has 0 saturated carbocycles. The zero-order valence-electron chi connectivity index (χ0n) is 45.4. The summed E-state index contributed by atoms with van der Waals surface area (Å²) in [6, 6.07) is 6.81. The maximum absolute atomic E-state index is 14.9. The molecule has 3 aliphatic rings. The normalized spacial score (nSPS) is 37.8. The number of nitrogens with zero attached hydrogens (tertiary/aromatic N) is 6. The lowest BCUT2D eigenvalue weighted by Gasteiger charge is -2.52. The van der Waals surface area contributed by atoms with Gasteiger partial charge in [-0.3, -0.25) is 4.79 Å². The lowest BCUT2D eigenvalue weighted by molar-refractivity contribution is -0.278. The number of carbonyl (C=O) groups is 1. The van der Waals surface area contributed by atoms with Crippen molar-refractivity contribution < 1.29 is 57.7 Å². The predicted octanol–water partition coefficient (Wildman–Crippen LogP) is 6.32. The average Bonchev–Trinajstić information content (AvgIpc) is 3.85. The number of hydrogen-bond donors (Lipinski definition) is 5. The van der Waals surface area contributed by atoms with Crippen LogP contribution in [0.15, 0.2) is 42.9 Å². The highest BCUT2D eigenvalue weighted by molar-refractivity contribution is 14.1. The number of cyclic esters (lactones) is 1. The number of benzene rings is 1. The second kappa shape index (κ2) is 25.0. The molecule has 5 heterocycles. The molecule has 19 nitrogen and oxygen atoms in total. The first-order valence-corrected chi connectivity index (χ1v) is 27.0. The van der Waals surface area contributed by atoms with Gasteiger partial charge in [0, 0.05) is 94.9 Å². The van der Waals surface area contributed by atoms with E-state index in [2.05, 4.69) is 25.2 Å². The van der Waals surface area contributed by atoms with Crippen molar-refractivity contribution in [3.8, 4) is 11.1 Å². The lowest BCUT2D eigenvalue weighted by Crippen LogP contribution is -2.61. The maximum Gasteiger partial charge on any atom is 0.310 e. The van der Waals surface area contributed by atoms with Gasteiger partial charge in [-0.15, -0.1) is 5.10 Å². The average molecular weight is 1150 g/mol. The standard InChI is InChI=1S/C53H82FIN8O11/c1-28-22-52(8,70-13)47(30(3)42(40-23-51(7,69-12)46(65)33(6)72-40)31(4)48(66)74-49(55)53(9,67)45(64)32(5)43(28)56)73-41-21-38(20-29(2)71-41)62(10)19-18-37-27-63(61-60-37)39(24-54)44(68-11)35-16-14-34(15-17-35)36-25-58-50(57)59-26-36/h14-17,25-33,38-42,44-47,49,56,64-65,67H,18-24H2,1-13H3,(H2,57,58,59)/t28-,29-,30+,31-,32+,33+,38+,39-,40-,41+,42?,44-,45-,46+,47-,49+,51-,52-,53+/m1/s1. The summed E-state index contributed by atoms with van der Waals surface area (Å²) in [5.74, 6) is -3.73. The van der Waals surface area contributed by atoms with Gasteiger partial charge in [0.25, 0.3) is 0 Å². The number of aromatic nitrogens is 5. The number of aliphatic hydroxyl groups excluding tert-OH is 2. The fourth-order valence-corrected chi connectivity index (χ4v) is 12.3. The molecule has 21 heteroatoms. The predicted molar refractivity (Wildman–Crippen MR) is 284 cm³/mol. The number of nitrogen functional groups attached to an aromatic ring is 1. The number of nitrogens with one attached hydrogen (secondary N) is 1. The molecule has 0 bridgehead atoms. The van der Waals surface area contributed by atoms with Gasteiger partial charge >= 0.3 is 5.97 Å². The molecule has 19 atom stereocenters. The third kappa shape index (κ3) is 13.1. The first-order valence-electron chi connectivity index (χ1n) is 25.8. The highest BCUT2D eigenvalue weighted by Gasteiger charge is 2.55. The van der Waals surface area contributed by atoms with Crippen molar-refractivity contribution in [3.05, 3.63) is 54.1 Å². The minimum absolute atomic E-state index is 0.000378. The zero-order valence-corrected chi connectivity index (χ0v) is 47.5. The second-order valence-electron chi connectivity index (χ2n) is 21.9. The van der Waals surface area contributed by atoms with E-state index in [0.717, 1.165) is 16.7 Å². The van der Waals surface area contributed by atoms with E-state index in [1.165, 1.54) is 11.6 Å². The van der Waals surface area contributed by atoms with Crippen molar-refractivity contribution in [2.45, 2.75) is 176 Å². The van der Waals surface area contributed by atoms with Gasteiger partial charge in [-0.1, -0.05) is 57.2 Å². The Morgan fingerprint density at radius 3 is 2.20 bits per heavy atom. The Morgan fingerprint density at radius 2 is 1.59 bits per heavy atom.